The molecule has 3 rings (SSSR count). The number of hydrogen-bond acceptors (Lipinski definition) is 5. The van der Waals surface area contributed by atoms with Crippen molar-refractivity contribution in [2.75, 3.05) is 24.2 Å². The maximum Gasteiger partial charge on any atom is 0.243 e. The second-order valence-electron chi connectivity index (χ2n) is 11.1. The van der Waals surface area contributed by atoms with E-state index in [4.69, 9.17) is 4.74 Å². The topological polar surface area (TPSA) is 96.0 Å². The molecule has 0 aliphatic rings. The molecule has 0 radical (unpaired) electrons. The van der Waals surface area contributed by atoms with Crippen LogP contribution in [0, 0.1) is 0 Å². The Morgan fingerprint density at radius 3 is 2.10 bits per heavy atom. The molecule has 3 aromatic rings. The number of sulfonamides is 1. The van der Waals surface area contributed by atoms with Gasteiger partial charge in [-0.1, -0.05) is 60.7 Å². The summed E-state index contributed by atoms with van der Waals surface area (Å²) in [7, 11) is -1.97. The molecule has 0 spiro atoms. The van der Waals surface area contributed by atoms with Crippen LogP contribution < -0.4 is 14.4 Å². The van der Waals surface area contributed by atoms with Crippen molar-refractivity contribution in [3.8, 4) is 5.75 Å². The number of rotatable bonds is 13. The third-order valence-electron chi connectivity index (χ3n) is 6.45. The number of carbonyl (C=O) groups excluding carboxylic acids is 2. The summed E-state index contributed by atoms with van der Waals surface area (Å²) >= 11 is 0. The van der Waals surface area contributed by atoms with Crippen molar-refractivity contribution in [3.63, 3.8) is 0 Å². The molecule has 0 aromatic heterocycles. The number of anilines is 1. The first-order valence-electron chi connectivity index (χ1n) is 13.7. The third-order valence-corrected chi connectivity index (χ3v) is 7.65. The smallest absolute Gasteiger partial charge is 0.243 e. The Hall–Kier alpha value is -3.85. The molecule has 1 unspecified atom stereocenters. The van der Waals surface area contributed by atoms with Crippen LogP contribution in [0.25, 0.3) is 0 Å². The Morgan fingerprint density at radius 2 is 1.51 bits per heavy atom. The second-order valence-corrected chi connectivity index (χ2v) is 13.0. The molecule has 0 bridgehead atoms. The number of nitrogens with zero attached hydrogens (tertiary/aromatic N) is 2. The van der Waals surface area contributed by atoms with E-state index in [2.05, 4.69) is 5.32 Å². The van der Waals surface area contributed by atoms with Gasteiger partial charge in [0.2, 0.25) is 21.8 Å². The molecule has 8 nitrogen and oxygen atoms in total. The summed E-state index contributed by atoms with van der Waals surface area (Å²) in [5.74, 6) is 0.166. The normalized spacial score (nSPS) is 12.3. The maximum atomic E-state index is 13.9. The molecule has 41 heavy (non-hydrogen) atoms. The quantitative estimate of drug-likeness (QED) is 0.314. The molecule has 2 amide bonds. The standard InChI is InChI=1S/C32H41N3O5S/c1-32(2,3)33-31(37)29(23-25-14-8-6-9-15-25)34(24-26-16-12-19-28(22-26)40-4)30(36)20-13-21-35(41(5,38)39)27-17-10-7-11-18-27/h6-12,14-19,22,29H,13,20-21,23-24H2,1-5H3,(H,33,37). The summed E-state index contributed by atoms with van der Waals surface area (Å²) in [6, 6.07) is 25.1. The van der Waals surface area contributed by atoms with E-state index in [-0.39, 0.29) is 37.7 Å². The van der Waals surface area contributed by atoms with Crippen molar-refractivity contribution in [1.82, 2.24) is 10.2 Å². The van der Waals surface area contributed by atoms with E-state index in [1.807, 2.05) is 81.4 Å². The van der Waals surface area contributed by atoms with Crippen molar-refractivity contribution < 1.29 is 22.7 Å². The number of benzene rings is 3. The molecule has 1 atom stereocenters. The van der Waals surface area contributed by atoms with Crippen molar-refractivity contribution in [2.24, 2.45) is 0 Å². The van der Waals surface area contributed by atoms with Crippen molar-refractivity contribution >= 4 is 27.5 Å². The fraction of sp³-hybridized carbons (Fsp3) is 0.375. The summed E-state index contributed by atoms with van der Waals surface area (Å²) in [5.41, 5.74) is 1.79. The van der Waals surface area contributed by atoms with E-state index >= 15 is 0 Å². The number of hydrogen-bond donors (Lipinski definition) is 1. The van der Waals surface area contributed by atoms with Crippen LogP contribution in [0.5, 0.6) is 5.75 Å². The Morgan fingerprint density at radius 1 is 0.902 bits per heavy atom. The predicted octanol–water partition coefficient (Wildman–Crippen LogP) is 4.80. The highest BCUT2D eigenvalue weighted by Gasteiger charge is 2.32. The molecular weight excluding hydrogens is 538 g/mol. The first kappa shape index (κ1) is 31.7. The Balaban J connectivity index is 1.91. The molecule has 0 saturated carbocycles. The summed E-state index contributed by atoms with van der Waals surface area (Å²) in [5, 5.41) is 3.05. The van der Waals surface area contributed by atoms with Gasteiger partial charge in [-0.15, -0.1) is 0 Å². The SMILES string of the molecule is COc1cccc(CN(C(=O)CCCN(c2ccccc2)S(C)(=O)=O)C(Cc2ccccc2)C(=O)NC(C)(C)C)c1. The Labute approximate surface area is 244 Å². The van der Waals surface area contributed by atoms with E-state index in [0.29, 0.717) is 17.9 Å². The largest absolute Gasteiger partial charge is 0.497 e. The van der Waals surface area contributed by atoms with Crippen molar-refractivity contribution in [1.29, 1.82) is 0 Å². The van der Waals surface area contributed by atoms with Gasteiger partial charge in [-0.3, -0.25) is 13.9 Å². The number of methoxy groups -OCH3 is 1. The molecule has 0 heterocycles. The lowest BCUT2D eigenvalue weighted by molar-refractivity contribution is -0.142. The van der Waals surface area contributed by atoms with Gasteiger partial charge in [-0.2, -0.15) is 0 Å². The van der Waals surface area contributed by atoms with Crippen LogP contribution in [0.3, 0.4) is 0 Å². The number of ether oxygens (including phenoxy) is 1. The van der Waals surface area contributed by atoms with Gasteiger partial charge in [-0.25, -0.2) is 8.42 Å². The van der Waals surface area contributed by atoms with Crippen LogP contribution in [0.2, 0.25) is 0 Å². The number of para-hydroxylation sites is 1. The summed E-state index contributed by atoms with van der Waals surface area (Å²) < 4.78 is 31.8. The monoisotopic (exact) mass is 579 g/mol. The predicted molar refractivity (Wildman–Crippen MR) is 163 cm³/mol. The Bertz CT molecular complexity index is 1390. The summed E-state index contributed by atoms with van der Waals surface area (Å²) in [6.07, 6.45) is 1.84. The minimum absolute atomic E-state index is 0.0664. The lowest BCUT2D eigenvalue weighted by Gasteiger charge is -2.34. The van der Waals surface area contributed by atoms with Gasteiger partial charge in [0.1, 0.15) is 11.8 Å². The molecule has 0 aliphatic heterocycles. The molecule has 0 saturated heterocycles. The van der Waals surface area contributed by atoms with Gasteiger partial charge >= 0.3 is 0 Å². The zero-order valence-electron chi connectivity index (χ0n) is 24.5. The van der Waals surface area contributed by atoms with Crippen LogP contribution >= 0.6 is 0 Å². The number of amides is 2. The maximum absolute atomic E-state index is 13.9. The average molecular weight is 580 g/mol. The fourth-order valence-electron chi connectivity index (χ4n) is 4.57. The molecule has 1 N–H and O–H groups in total. The third kappa shape index (κ3) is 9.93. The van der Waals surface area contributed by atoms with Gasteiger partial charge < -0.3 is 15.0 Å². The highest BCUT2D eigenvalue weighted by Crippen LogP contribution is 2.21. The van der Waals surface area contributed by atoms with Gasteiger partial charge in [0.05, 0.1) is 19.1 Å². The minimum Gasteiger partial charge on any atom is -0.497 e. The zero-order valence-corrected chi connectivity index (χ0v) is 25.4. The van der Waals surface area contributed by atoms with Crippen LogP contribution in [-0.2, 0) is 32.6 Å². The van der Waals surface area contributed by atoms with Gasteiger partial charge in [0.15, 0.2) is 0 Å². The highest BCUT2D eigenvalue weighted by molar-refractivity contribution is 7.92. The summed E-state index contributed by atoms with van der Waals surface area (Å²) in [6.45, 7) is 6.05. The number of nitrogens with one attached hydrogen (secondary N) is 1. The van der Waals surface area contributed by atoms with E-state index < -0.39 is 21.6 Å². The average Bonchev–Trinajstić information content (AvgIpc) is 2.92. The van der Waals surface area contributed by atoms with Crippen LogP contribution in [0.4, 0.5) is 5.69 Å². The first-order valence-corrected chi connectivity index (χ1v) is 15.5. The van der Waals surface area contributed by atoms with Gasteiger partial charge in [-0.05, 0) is 62.6 Å². The molecule has 0 aliphatic carbocycles. The lowest BCUT2D eigenvalue weighted by atomic mass is 10.00. The van der Waals surface area contributed by atoms with Crippen LogP contribution in [0.15, 0.2) is 84.9 Å². The lowest BCUT2D eigenvalue weighted by Crippen LogP contribution is -2.54. The molecule has 3 aromatic carbocycles. The Kier molecular flexibility index (Phi) is 10.9. The molecule has 0 fully saturated rings. The highest BCUT2D eigenvalue weighted by atomic mass is 32.2. The second kappa shape index (κ2) is 14.2. The van der Waals surface area contributed by atoms with Gasteiger partial charge in [0.25, 0.3) is 0 Å². The molecular formula is C32H41N3O5S. The first-order chi connectivity index (χ1) is 19.4. The van der Waals surface area contributed by atoms with Crippen LogP contribution in [0.1, 0.15) is 44.7 Å². The van der Waals surface area contributed by atoms with E-state index in [1.165, 1.54) is 4.31 Å². The van der Waals surface area contributed by atoms with Crippen LogP contribution in [-0.4, -0.2) is 56.6 Å². The minimum atomic E-state index is -3.55. The number of carbonyl (C=O) groups is 2. The van der Waals surface area contributed by atoms with Gasteiger partial charge in [0, 0.05) is 31.5 Å². The molecule has 9 heteroatoms. The fourth-order valence-corrected chi connectivity index (χ4v) is 5.54. The van der Waals surface area contributed by atoms with E-state index in [0.717, 1.165) is 17.4 Å². The van der Waals surface area contributed by atoms with Crippen molar-refractivity contribution in [2.45, 2.75) is 58.2 Å². The van der Waals surface area contributed by atoms with E-state index in [1.54, 1.807) is 36.3 Å². The van der Waals surface area contributed by atoms with E-state index in [9.17, 15) is 18.0 Å². The summed E-state index contributed by atoms with van der Waals surface area (Å²) in [4.78, 5) is 29.2. The molecule has 220 valence electrons. The zero-order chi connectivity index (χ0) is 30.0. The van der Waals surface area contributed by atoms with Crippen molar-refractivity contribution in [3.05, 3.63) is 96.1 Å².